The van der Waals surface area contributed by atoms with E-state index in [1.165, 1.54) is 23.1 Å². The molecule has 0 spiro atoms. The van der Waals surface area contributed by atoms with Crippen molar-refractivity contribution in [1.29, 1.82) is 0 Å². The van der Waals surface area contributed by atoms with Crippen molar-refractivity contribution in [2.45, 2.75) is 0 Å². The molecule has 1 amide bonds. The molecule has 1 aromatic heterocycles. The molecule has 1 N–H and O–H groups in total. The quantitative estimate of drug-likeness (QED) is 0.672. The number of phenolic OH excluding ortho intramolecular Hbond substituents is 1. The number of nitrogens with zero attached hydrogens (tertiary/aromatic N) is 3. The molecule has 0 unspecified atom stereocenters. The largest absolute Gasteiger partial charge is 0.508 e. The van der Waals surface area contributed by atoms with Crippen LogP contribution in [0.2, 0.25) is 0 Å². The summed E-state index contributed by atoms with van der Waals surface area (Å²) >= 11 is 2.71. The lowest BCUT2D eigenvalue weighted by atomic mass is 10.2. The third-order valence-electron chi connectivity index (χ3n) is 3.60. The highest BCUT2D eigenvalue weighted by atomic mass is 32.2. The summed E-state index contributed by atoms with van der Waals surface area (Å²) in [7, 11) is 0. The summed E-state index contributed by atoms with van der Waals surface area (Å²) in [5.41, 5.74) is 1.50. The average molecular weight is 379 g/mol. The first-order valence-corrected chi connectivity index (χ1v) is 9.46. The molecule has 0 atom stereocenters. The molecule has 1 saturated heterocycles. The molecule has 3 aromatic rings. The number of hydrogen-bond acceptors (Lipinski definition) is 6. The van der Waals surface area contributed by atoms with Crippen LogP contribution in [-0.4, -0.2) is 21.2 Å². The van der Waals surface area contributed by atoms with E-state index in [1.807, 2.05) is 41.8 Å². The van der Waals surface area contributed by atoms with Crippen LogP contribution in [0, 0.1) is 0 Å². The van der Waals surface area contributed by atoms with Crippen LogP contribution in [0.25, 0.3) is 6.08 Å². The third kappa shape index (κ3) is 3.40. The Morgan fingerprint density at radius 2 is 1.96 bits per heavy atom. The SMILES string of the molecule is O=C1/C(=C/c2cccc(O)c2)S/C(=N/c2nccs2)N1c1ccccc1. The van der Waals surface area contributed by atoms with E-state index in [0.717, 1.165) is 11.3 Å². The molecule has 5 nitrogen and oxygen atoms in total. The normalized spacial score (nSPS) is 17.4. The number of thioether (sulfide) groups is 1. The number of hydrogen-bond donors (Lipinski definition) is 1. The zero-order chi connectivity index (χ0) is 17.9. The van der Waals surface area contributed by atoms with Gasteiger partial charge in [0.1, 0.15) is 5.75 Å². The van der Waals surface area contributed by atoms with E-state index < -0.39 is 0 Å². The molecule has 26 heavy (non-hydrogen) atoms. The van der Waals surface area contributed by atoms with Gasteiger partial charge in [0, 0.05) is 11.6 Å². The average Bonchev–Trinajstić information content (AvgIpc) is 3.25. The molecular weight excluding hydrogens is 366 g/mol. The second kappa shape index (κ2) is 7.15. The van der Waals surface area contributed by atoms with E-state index in [0.29, 0.717) is 15.2 Å². The van der Waals surface area contributed by atoms with Crippen molar-refractivity contribution in [1.82, 2.24) is 4.98 Å². The monoisotopic (exact) mass is 379 g/mol. The Morgan fingerprint density at radius 3 is 2.69 bits per heavy atom. The van der Waals surface area contributed by atoms with E-state index in [1.54, 1.807) is 35.4 Å². The lowest BCUT2D eigenvalue weighted by Gasteiger charge is -2.14. The first kappa shape index (κ1) is 16.6. The summed E-state index contributed by atoms with van der Waals surface area (Å²) in [5, 5.41) is 12.6. The highest BCUT2D eigenvalue weighted by Gasteiger charge is 2.34. The van der Waals surface area contributed by atoms with Gasteiger partial charge in [-0.3, -0.25) is 9.69 Å². The minimum absolute atomic E-state index is 0.153. The highest BCUT2D eigenvalue weighted by Crippen LogP contribution is 2.37. The molecule has 1 fully saturated rings. The number of aromatic nitrogens is 1. The lowest BCUT2D eigenvalue weighted by Crippen LogP contribution is -2.28. The Balaban J connectivity index is 1.76. The Labute approximate surface area is 158 Å². The van der Waals surface area contributed by atoms with Gasteiger partial charge >= 0.3 is 0 Å². The number of anilines is 1. The molecule has 2 aromatic carbocycles. The minimum atomic E-state index is -0.153. The molecule has 4 rings (SSSR count). The van der Waals surface area contributed by atoms with Crippen molar-refractivity contribution in [2.24, 2.45) is 4.99 Å². The van der Waals surface area contributed by atoms with Crippen LogP contribution in [0.3, 0.4) is 0 Å². The van der Waals surface area contributed by atoms with Crippen LogP contribution in [0.1, 0.15) is 5.56 Å². The van der Waals surface area contributed by atoms with Gasteiger partial charge in [-0.15, -0.1) is 11.3 Å². The number of thiazole rings is 1. The first-order valence-electron chi connectivity index (χ1n) is 7.77. The maximum absolute atomic E-state index is 13.0. The molecule has 1 aliphatic rings. The molecule has 7 heteroatoms. The van der Waals surface area contributed by atoms with Gasteiger partial charge in [-0.05, 0) is 47.7 Å². The lowest BCUT2D eigenvalue weighted by molar-refractivity contribution is -0.113. The minimum Gasteiger partial charge on any atom is -0.508 e. The van der Waals surface area contributed by atoms with Gasteiger partial charge < -0.3 is 5.11 Å². The fraction of sp³-hybridized carbons (Fsp3) is 0. The van der Waals surface area contributed by atoms with E-state index in [2.05, 4.69) is 9.98 Å². The molecule has 2 heterocycles. The van der Waals surface area contributed by atoms with Crippen molar-refractivity contribution >= 4 is 51.1 Å². The van der Waals surface area contributed by atoms with Crippen LogP contribution >= 0.6 is 23.1 Å². The number of rotatable bonds is 3. The van der Waals surface area contributed by atoms with Crippen molar-refractivity contribution in [3.63, 3.8) is 0 Å². The van der Waals surface area contributed by atoms with Crippen LogP contribution in [-0.2, 0) is 4.79 Å². The Bertz CT molecular complexity index is 999. The van der Waals surface area contributed by atoms with E-state index in [4.69, 9.17) is 0 Å². The molecule has 128 valence electrons. The van der Waals surface area contributed by atoms with Crippen molar-refractivity contribution in [3.8, 4) is 5.75 Å². The number of amides is 1. The van der Waals surface area contributed by atoms with Gasteiger partial charge in [0.15, 0.2) is 5.17 Å². The molecular formula is C19H13N3O2S2. The van der Waals surface area contributed by atoms with Gasteiger partial charge in [0.05, 0.1) is 10.6 Å². The summed E-state index contributed by atoms with van der Waals surface area (Å²) < 4.78 is 0. The molecule has 0 saturated carbocycles. The number of para-hydroxylation sites is 1. The van der Waals surface area contributed by atoms with Crippen LogP contribution in [0.15, 0.2) is 76.1 Å². The number of phenols is 1. The van der Waals surface area contributed by atoms with Crippen LogP contribution in [0.4, 0.5) is 10.8 Å². The maximum Gasteiger partial charge on any atom is 0.271 e. The highest BCUT2D eigenvalue weighted by molar-refractivity contribution is 8.19. The summed E-state index contributed by atoms with van der Waals surface area (Å²) in [6, 6.07) is 16.2. The fourth-order valence-electron chi connectivity index (χ4n) is 2.47. The van der Waals surface area contributed by atoms with Crippen LogP contribution in [0.5, 0.6) is 5.75 Å². The van der Waals surface area contributed by atoms with Gasteiger partial charge in [-0.2, -0.15) is 4.99 Å². The van der Waals surface area contributed by atoms with E-state index in [-0.39, 0.29) is 11.7 Å². The zero-order valence-corrected chi connectivity index (χ0v) is 15.1. The number of aromatic hydroxyl groups is 1. The number of carbonyl (C=O) groups excluding carboxylic acids is 1. The van der Waals surface area contributed by atoms with Crippen molar-refractivity contribution in [3.05, 3.63) is 76.6 Å². The number of carbonyl (C=O) groups is 1. The fourth-order valence-corrected chi connectivity index (χ4v) is 4.02. The molecule has 0 radical (unpaired) electrons. The smallest absolute Gasteiger partial charge is 0.271 e. The van der Waals surface area contributed by atoms with E-state index >= 15 is 0 Å². The topological polar surface area (TPSA) is 65.8 Å². The molecule has 0 aliphatic carbocycles. The van der Waals surface area contributed by atoms with Crippen molar-refractivity contribution in [2.75, 3.05) is 4.90 Å². The summed E-state index contributed by atoms with van der Waals surface area (Å²) in [6.45, 7) is 0. The number of amidine groups is 1. The molecule has 1 aliphatic heterocycles. The predicted octanol–water partition coefficient (Wildman–Crippen LogP) is 4.66. The maximum atomic E-state index is 13.0. The van der Waals surface area contributed by atoms with Gasteiger partial charge in [0.2, 0.25) is 5.13 Å². The zero-order valence-electron chi connectivity index (χ0n) is 13.4. The van der Waals surface area contributed by atoms with E-state index in [9.17, 15) is 9.90 Å². The van der Waals surface area contributed by atoms with Crippen LogP contribution < -0.4 is 4.90 Å². The second-order valence-corrected chi connectivity index (χ2v) is 7.27. The third-order valence-corrected chi connectivity index (χ3v) is 5.23. The number of benzene rings is 2. The number of aliphatic imine (C=N–C) groups is 1. The summed E-state index contributed by atoms with van der Waals surface area (Å²) in [5.74, 6) is 0.00577. The molecule has 0 bridgehead atoms. The Kier molecular flexibility index (Phi) is 4.55. The summed E-state index contributed by atoms with van der Waals surface area (Å²) in [6.07, 6.45) is 3.44. The van der Waals surface area contributed by atoms with Crippen molar-refractivity contribution < 1.29 is 9.90 Å². The summed E-state index contributed by atoms with van der Waals surface area (Å²) in [4.78, 5) is 23.8. The predicted molar refractivity (Wildman–Crippen MR) is 107 cm³/mol. The second-order valence-electron chi connectivity index (χ2n) is 5.39. The van der Waals surface area contributed by atoms with Gasteiger partial charge in [-0.1, -0.05) is 30.3 Å². The Hall–Kier alpha value is -2.90. The standard InChI is InChI=1S/C19H13N3O2S2/c23-15-8-4-5-13(11-15)12-16-17(24)22(14-6-2-1-3-7-14)19(26-16)21-18-20-9-10-25-18/h1-12,23H/b16-12-,21-19+. The van der Waals surface area contributed by atoms with Gasteiger partial charge in [0.25, 0.3) is 5.91 Å². The van der Waals surface area contributed by atoms with Gasteiger partial charge in [-0.25, -0.2) is 4.98 Å². The first-order chi connectivity index (χ1) is 12.7. The Morgan fingerprint density at radius 1 is 1.12 bits per heavy atom.